The molecule has 0 aliphatic carbocycles. The Bertz CT molecular complexity index is 669. The molecule has 1 amide bonds. The molecule has 2 aromatic rings. The second-order valence-corrected chi connectivity index (χ2v) is 4.78. The number of ether oxygens (including phenoxy) is 1. The minimum atomic E-state index is -0.352. The van der Waals surface area contributed by atoms with E-state index in [2.05, 4.69) is 15.0 Å². The average molecular weight is 298 g/mol. The van der Waals surface area contributed by atoms with E-state index in [4.69, 9.17) is 0 Å². The molecule has 0 aliphatic rings. The van der Waals surface area contributed by atoms with Crippen LogP contribution >= 0.6 is 0 Å². The lowest BCUT2D eigenvalue weighted by molar-refractivity contribution is -0.140. The number of carbonyl (C=O) groups is 2. The van der Waals surface area contributed by atoms with Crippen molar-refractivity contribution >= 4 is 11.9 Å². The number of pyridine rings is 1. The Kier molecular flexibility index (Phi) is 5.25. The molecule has 1 N–H and O–H groups in total. The Balaban J connectivity index is 2.06. The summed E-state index contributed by atoms with van der Waals surface area (Å²) in [7, 11) is 1.32. The van der Waals surface area contributed by atoms with E-state index in [0.29, 0.717) is 11.3 Å². The van der Waals surface area contributed by atoms with Crippen molar-refractivity contribution in [1.82, 2.24) is 10.3 Å². The van der Waals surface area contributed by atoms with E-state index in [1.807, 2.05) is 36.4 Å². The van der Waals surface area contributed by atoms with Gasteiger partial charge in [-0.2, -0.15) is 0 Å². The van der Waals surface area contributed by atoms with Crippen LogP contribution in [0.2, 0.25) is 0 Å². The van der Waals surface area contributed by atoms with Crippen molar-refractivity contribution < 1.29 is 14.3 Å². The second kappa shape index (κ2) is 7.36. The van der Waals surface area contributed by atoms with Crippen molar-refractivity contribution in [3.63, 3.8) is 0 Å². The number of aromatic nitrogens is 1. The van der Waals surface area contributed by atoms with Crippen LogP contribution in [-0.2, 0) is 9.53 Å². The number of amides is 1. The maximum atomic E-state index is 12.1. The largest absolute Gasteiger partial charge is 0.469 e. The Morgan fingerprint density at radius 1 is 1.14 bits per heavy atom. The summed E-state index contributed by atoms with van der Waals surface area (Å²) in [4.78, 5) is 27.6. The first-order valence-corrected chi connectivity index (χ1v) is 7.00. The van der Waals surface area contributed by atoms with Gasteiger partial charge in [0.2, 0.25) is 0 Å². The summed E-state index contributed by atoms with van der Waals surface area (Å²) in [5.74, 6) is -0.594. The van der Waals surface area contributed by atoms with Gasteiger partial charge in [-0.25, -0.2) is 0 Å². The molecular weight excluding hydrogens is 280 g/mol. The molecule has 0 aliphatic heterocycles. The normalized spacial score (nSPS) is 10.1. The zero-order chi connectivity index (χ0) is 15.9. The average Bonchev–Trinajstić information content (AvgIpc) is 2.55. The van der Waals surface area contributed by atoms with Gasteiger partial charge in [0.15, 0.2) is 0 Å². The van der Waals surface area contributed by atoms with Crippen LogP contribution in [0.1, 0.15) is 22.5 Å². The minimum Gasteiger partial charge on any atom is -0.469 e. The highest BCUT2D eigenvalue weighted by atomic mass is 16.5. The predicted octanol–water partition coefficient (Wildman–Crippen LogP) is 2.35. The number of aryl methyl sites for hydroxylation is 1. The fourth-order valence-electron chi connectivity index (χ4n) is 2.05. The number of nitrogens with zero attached hydrogens (tertiary/aromatic N) is 1. The smallest absolute Gasteiger partial charge is 0.307 e. The number of methoxy groups -OCH3 is 1. The first-order chi connectivity index (χ1) is 10.6. The zero-order valence-corrected chi connectivity index (χ0v) is 12.6. The van der Waals surface area contributed by atoms with Gasteiger partial charge in [-0.05, 0) is 19.1 Å². The Morgan fingerprint density at radius 3 is 2.50 bits per heavy atom. The van der Waals surface area contributed by atoms with Crippen LogP contribution in [0.4, 0.5) is 0 Å². The maximum Gasteiger partial charge on any atom is 0.307 e. The number of esters is 1. The fraction of sp³-hybridized carbons (Fsp3) is 0.235. The topological polar surface area (TPSA) is 68.3 Å². The van der Waals surface area contributed by atoms with Crippen LogP contribution in [0.3, 0.4) is 0 Å². The van der Waals surface area contributed by atoms with Crippen LogP contribution in [0, 0.1) is 6.92 Å². The van der Waals surface area contributed by atoms with Gasteiger partial charge in [0.05, 0.1) is 30.5 Å². The molecule has 1 aromatic carbocycles. The highest BCUT2D eigenvalue weighted by molar-refractivity contribution is 5.95. The molecule has 0 saturated heterocycles. The number of hydrogen-bond donors (Lipinski definition) is 1. The highest BCUT2D eigenvalue weighted by Gasteiger charge is 2.11. The Labute approximate surface area is 129 Å². The van der Waals surface area contributed by atoms with Crippen LogP contribution in [0.15, 0.2) is 42.5 Å². The van der Waals surface area contributed by atoms with Crippen molar-refractivity contribution in [2.75, 3.05) is 13.7 Å². The predicted molar refractivity (Wildman–Crippen MR) is 83.4 cm³/mol. The summed E-state index contributed by atoms with van der Waals surface area (Å²) in [6.07, 6.45) is 0.150. The van der Waals surface area contributed by atoms with E-state index in [0.717, 1.165) is 11.3 Å². The summed E-state index contributed by atoms with van der Waals surface area (Å²) in [5, 5.41) is 2.68. The van der Waals surface area contributed by atoms with E-state index in [1.54, 1.807) is 13.0 Å². The molecule has 2 rings (SSSR count). The van der Waals surface area contributed by atoms with Gasteiger partial charge < -0.3 is 10.1 Å². The summed E-state index contributed by atoms with van der Waals surface area (Å²) < 4.78 is 4.52. The molecule has 1 aromatic heterocycles. The van der Waals surface area contributed by atoms with Gasteiger partial charge >= 0.3 is 5.97 Å². The monoisotopic (exact) mass is 298 g/mol. The number of benzene rings is 1. The molecule has 0 atom stereocenters. The summed E-state index contributed by atoms with van der Waals surface area (Å²) in [6.45, 7) is 2.03. The molecule has 22 heavy (non-hydrogen) atoms. The molecule has 0 saturated carbocycles. The van der Waals surface area contributed by atoms with Crippen molar-refractivity contribution in [2.24, 2.45) is 0 Å². The molecule has 114 valence electrons. The van der Waals surface area contributed by atoms with E-state index in [-0.39, 0.29) is 24.8 Å². The quantitative estimate of drug-likeness (QED) is 0.860. The molecule has 0 spiro atoms. The number of nitrogens with one attached hydrogen (secondary N) is 1. The molecule has 5 nitrogen and oxygen atoms in total. The lowest BCUT2D eigenvalue weighted by Gasteiger charge is -2.08. The van der Waals surface area contributed by atoms with Crippen LogP contribution in [-0.4, -0.2) is 30.5 Å². The maximum absolute atomic E-state index is 12.1. The van der Waals surface area contributed by atoms with Gasteiger partial charge in [-0.3, -0.25) is 14.6 Å². The van der Waals surface area contributed by atoms with Gasteiger partial charge in [0.25, 0.3) is 5.91 Å². The van der Waals surface area contributed by atoms with E-state index in [9.17, 15) is 9.59 Å². The van der Waals surface area contributed by atoms with E-state index < -0.39 is 0 Å². The molecule has 0 fully saturated rings. The first kappa shape index (κ1) is 15.7. The highest BCUT2D eigenvalue weighted by Crippen LogP contribution is 2.18. The zero-order valence-electron chi connectivity index (χ0n) is 12.6. The van der Waals surface area contributed by atoms with Crippen molar-refractivity contribution in [1.29, 1.82) is 0 Å². The fourth-order valence-corrected chi connectivity index (χ4v) is 2.05. The Morgan fingerprint density at radius 2 is 1.86 bits per heavy atom. The van der Waals surface area contributed by atoms with Crippen molar-refractivity contribution in [3.05, 3.63) is 53.7 Å². The summed E-state index contributed by atoms with van der Waals surface area (Å²) >= 11 is 0. The third-order valence-electron chi connectivity index (χ3n) is 3.24. The third-order valence-corrected chi connectivity index (χ3v) is 3.24. The van der Waals surface area contributed by atoms with Gasteiger partial charge in [-0.1, -0.05) is 30.3 Å². The molecule has 5 heteroatoms. The minimum absolute atomic E-state index is 0.150. The third kappa shape index (κ3) is 3.91. The van der Waals surface area contributed by atoms with Crippen LogP contribution < -0.4 is 5.32 Å². The van der Waals surface area contributed by atoms with E-state index in [1.165, 1.54) is 7.11 Å². The SMILES string of the molecule is COC(=O)CCNC(=O)c1ccc(-c2ccccc2)nc1C. The molecular formula is C17H18N2O3. The molecule has 1 heterocycles. The lowest BCUT2D eigenvalue weighted by Crippen LogP contribution is -2.27. The van der Waals surface area contributed by atoms with Crippen LogP contribution in [0.5, 0.6) is 0 Å². The van der Waals surface area contributed by atoms with Crippen LogP contribution in [0.25, 0.3) is 11.3 Å². The number of hydrogen-bond acceptors (Lipinski definition) is 4. The van der Waals surface area contributed by atoms with Gasteiger partial charge in [0.1, 0.15) is 0 Å². The lowest BCUT2D eigenvalue weighted by atomic mass is 10.1. The molecule has 0 radical (unpaired) electrons. The van der Waals surface area contributed by atoms with Crippen molar-refractivity contribution in [3.8, 4) is 11.3 Å². The standard InChI is InChI=1S/C17H18N2O3/c1-12-14(17(21)18-11-10-16(20)22-2)8-9-15(19-12)13-6-4-3-5-7-13/h3-9H,10-11H2,1-2H3,(H,18,21). The summed E-state index contributed by atoms with van der Waals surface area (Å²) in [5.41, 5.74) is 2.98. The van der Waals surface area contributed by atoms with Crippen molar-refractivity contribution in [2.45, 2.75) is 13.3 Å². The summed E-state index contributed by atoms with van der Waals surface area (Å²) in [6, 6.07) is 13.3. The molecule has 0 bridgehead atoms. The molecule has 0 unspecified atom stereocenters. The number of rotatable bonds is 5. The number of carbonyl (C=O) groups excluding carboxylic acids is 2. The van der Waals surface area contributed by atoms with Gasteiger partial charge in [0, 0.05) is 12.1 Å². The Hall–Kier alpha value is -2.69. The first-order valence-electron chi connectivity index (χ1n) is 7.00. The van der Waals surface area contributed by atoms with Gasteiger partial charge in [-0.15, -0.1) is 0 Å². The second-order valence-electron chi connectivity index (χ2n) is 4.78. The van der Waals surface area contributed by atoms with E-state index >= 15 is 0 Å².